The molecule has 0 amide bonds. The highest BCUT2D eigenvalue weighted by Crippen LogP contribution is 2.66. The summed E-state index contributed by atoms with van der Waals surface area (Å²) in [5, 5.41) is 0. The van der Waals surface area contributed by atoms with Crippen molar-refractivity contribution in [1.29, 1.82) is 0 Å². The number of rotatable bonds is 1. The summed E-state index contributed by atoms with van der Waals surface area (Å²) in [4.78, 5) is 24.0. The minimum Gasteiger partial charge on any atom is -0.300 e. The zero-order chi connectivity index (χ0) is 17.3. The van der Waals surface area contributed by atoms with Crippen molar-refractivity contribution in [3.05, 3.63) is 11.6 Å². The molecule has 2 nitrogen and oxygen atoms in total. The lowest BCUT2D eigenvalue weighted by atomic mass is 9.46. The Morgan fingerprint density at radius 2 is 1.92 bits per heavy atom. The first-order valence-corrected chi connectivity index (χ1v) is 9.67. The molecular formula is C21H29FO2. The SMILES string of the molecule is CC(=O)[C@@H]1CC[C@@H]2[C@H]3C[C@H](F)C4=CC(=O)CC[C@]4(C)[C@@H]3CC[C@@]21C. The highest BCUT2D eigenvalue weighted by atomic mass is 19.1. The number of carbonyl (C=O) groups excluding carboxylic acids is 2. The number of alkyl halides is 1. The molecule has 0 aliphatic heterocycles. The van der Waals surface area contributed by atoms with Crippen LogP contribution in [0, 0.1) is 34.5 Å². The van der Waals surface area contributed by atoms with Gasteiger partial charge in [-0.2, -0.15) is 0 Å². The third-order valence-electron chi connectivity index (χ3n) is 8.43. The van der Waals surface area contributed by atoms with Crippen LogP contribution in [0.15, 0.2) is 11.6 Å². The maximum atomic E-state index is 15.1. The molecular weight excluding hydrogens is 303 g/mol. The number of hydrogen-bond donors (Lipinski definition) is 0. The van der Waals surface area contributed by atoms with E-state index in [2.05, 4.69) is 13.8 Å². The molecule has 3 fully saturated rings. The van der Waals surface area contributed by atoms with Gasteiger partial charge in [0.1, 0.15) is 12.0 Å². The molecule has 3 heteroatoms. The molecule has 7 atom stereocenters. The van der Waals surface area contributed by atoms with Gasteiger partial charge in [0.2, 0.25) is 0 Å². The predicted molar refractivity (Wildman–Crippen MR) is 91.2 cm³/mol. The summed E-state index contributed by atoms with van der Waals surface area (Å²) < 4.78 is 15.1. The van der Waals surface area contributed by atoms with Gasteiger partial charge in [-0.3, -0.25) is 9.59 Å². The lowest BCUT2D eigenvalue weighted by Crippen LogP contribution is -2.53. The smallest absolute Gasteiger partial charge is 0.155 e. The van der Waals surface area contributed by atoms with Crippen LogP contribution < -0.4 is 0 Å². The number of ketones is 2. The van der Waals surface area contributed by atoms with Crippen molar-refractivity contribution in [3.63, 3.8) is 0 Å². The van der Waals surface area contributed by atoms with Gasteiger partial charge in [0.05, 0.1) is 0 Å². The summed E-state index contributed by atoms with van der Waals surface area (Å²) in [6.07, 6.45) is 6.80. The van der Waals surface area contributed by atoms with Crippen LogP contribution in [0.4, 0.5) is 4.39 Å². The van der Waals surface area contributed by atoms with E-state index in [-0.39, 0.29) is 22.5 Å². The van der Waals surface area contributed by atoms with Crippen LogP contribution in [-0.4, -0.2) is 17.7 Å². The quantitative estimate of drug-likeness (QED) is 0.699. The lowest BCUT2D eigenvalue weighted by Gasteiger charge is -2.58. The fraction of sp³-hybridized carbons (Fsp3) is 0.810. The average Bonchev–Trinajstić information content (AvgIpc) is 2.87. The van der Waals surface area contributed by atoms with E-state index in [1.165, 1.54) is 0 Å². The molecule has 0 aromatic rings. The van der Waals surface area contributed by atoms with Crippen molar-refractivity contribution < 1.29 is 14.0 Å². The molecule has 0 unspecified atom stereocenters. The van der Waals surface area contributed by atoms with Gasteiger partial charge in [-0.1, -0.05) is 13.8 Å². The van der Waals surface area contributed by atoms with E-state index in [4.69, 9.17) is 0 Å². The zero-order valence-corrected chi connectivity index (χ0v) is 15.1. The summed E-state index contributed by atoms with van der Waals surface area (Å²) in [6, 6.07) is 0. The van der Waals surface area contributed by atoms with E-state index in [0.29, 0.717) is 36.4 Å². The van der Waals surface area contributed by atoms with Crippen LogP contribution in [0.5, 0.6) is 0 Å². The van der Waals surface area contributed by atoms with Crippen molar-refractivity contribution in [2.75, 3.05) is 0 Å². The molecule has 4 aliphatic rings. The molecule has 0 saturated heterocycles. The Morgan fingerprint density at radius 1 is 1.17 bits per heavy atom. The second kappa shape index (κ2) is 5.25. The lowest BCUT2D eigenvalue weighted by molar-refractivity contribution is -0.129. The largest absolute Gasteiger partial charge is 0.300 e. The number of hydrogen-bond acceptors (Lipinski definition) is 2. The highest BCUT2D eigenvalue weighted by Gasteiger charge is 2.61. The molecule has 3 saturated carbocycles. The summed E-state index contributed by atoms with van der Waals surface area (Å²) in [5.74, 6) is 1.91. The maximum Gasteiger partial charge on any atom is 0.155 e. The zero-order valence-electron chi connectivity index (χ0n) is 15.1. The Bertz CT molecular complexity index is 623. The molecule has 0 heterocycles. The summed E-state index contributed by atoms with van der Waals surface area (Å²) in [7, 11) is 0. The highest BCUT2D eigenvalue weighted by molar-refractivity contribution is 5.91. The minimum atomic E-state index is -0.973. The average molecular weight is 332 g/mol. The number of allylic oxidation sites excluding steroid dienone is 1. The van der Waals surface area contributed by atoms with E-state index in [1.807, 2.05) is 0 Å². The van der Waals surface area contributed by atoms with Gasteiger partial charge in [-0.25, -0.2) is 4.39 Å². The van der Waals surface area contributed by atoms with Gasteiger partial charge in [0, 0.05) is 12.3 Å². The summed E-state index contributed by atoms with van der Waals surface area (Å²) in [6.45, 7) is 6.23. The van der Waals surface area contributed by atoms with Gasteiger partial charge >= 0.3 is 0 Å². The first kappa shape index (κ1) is 16.5. The molecule has 0 aromatic carbocycles. The molecule has 4 aliphatic carbocycles. The molecule has 0 aromatic heterocycles. The van der Waals surface area contributed by atoms with Crippen LogP contribution >= 0.6 is 0 Å². The van der Waals surface area contributed by atoms with Crippen molar-refractivity contribution in [2.24, 2.45) is 34.5 Å². The Balaban J connectivity index is 1.71. The summed E-state index contributed by atoms with van der Waals surface area (Å²) >= 11 is 0. The van der Waals surface area contributed by atoms with E-state index >= 15 is 4.39 Å². The van der Waals surface area contributed by atoms with Crippen molar-refractivity contribution in [3.8, 4) is 0 Å². The topological polar surface area (TPSA) is 34.1 Å². The number of carbonyl (C=O) groups is 2. The molecule has 0 N–H and O–H groups in total. The summed E-state index contributed by atoms with van der Waals surface area (Å²) in [5.41, 5.74) is 0.699. The van der Waals surface area contributed by atoms with Gasteiger partial charge in [-0.15, -0.1) is 0 Å². The fourth-order valence-corrected chi connectivity index (χ4v) is 7.23. The maximum absolute atomic E-state index is 15.1. The number of fused-ring (bicyclic) bond motifs is 5. The van der Waals surface area contributed by atoms with Gasteiger partial charge in [0.15, 0.2) is 5.78 Å². The molecule has 24 heavy (non-hydrogen) atoms. The van der Waals surface area contributed by atoms with Gasteiger partial charge in [0.25, 0.3) is 0 Å². The second-order valence-corrected chi connectivity index (χ2v) is 9.35. The third kappa shape index (κ3) is 2.05. The van der Waals surface area contributed by atoms with Crippen molar-refractivity contribution in [1.82, 2.24) is 0 Å². The second-order valence-electron chi connectivity index (χ2n) is 9.35. The Hall–Kier alpha value is -0.990. The Kier molecular flexibility index (Phi) is 3.61. The third-order valence-corrected chi connectivity index (χ3v) is 8.43. The van der Waals surface area contributed by atoms with Gasteiger partial charge < -0.3 is 0 Å². The van der Waals surface area contributed by atoms with Crippen LogP contribution in [0.2, 0.25) is 0 Å². The van der Waals surface area contributed by atoms with Crippen molar-refractivity contribution in [2.45, 2.75) is 71.9 Å². The van der Waals surface area contributed by atoms with E-state index < -0.39 is 6.17 Å². The first-order valence-electron chi connectivity index (χ1n) is 9.67. The normalized spacial score (nSPS) is 50.6. The number of Topliss-reactive ketones (excluding diaryl/α,β-unsaturated/α-hetero) is 1. The molecule has 0 spiro atoms. The number of halogens is 1. The monoisotopic (exact) mass is 332 g/mol. The van der Waals surface area contributed by atoms with E-state index in [1.54, 1.807) is 13.0 Å². The standard InChI is InChI=1S/C21H29FO2/c1-12(23)15-4-5-16-14-11-19(22)18-10-13(24)6-8-21(18,3)17(14)7-9-20(15,16)2/h10,14-17,19H,4-9,11H2,1-3H3/t14-,15+,16-,17-,19+,20-,21-/m1/s1. The molecule has 4 rings (SSSR count). The minimum absolute atomic E-state index is 0.0643. The van der Waals surface area contributed by atoms with E-state index in [0.717, 1.165) is 37.7 Å². The molecule has 0 bridgehead atoms. The Labute approximate surface area is 144 Å². The molecule has 0 radical (unpaired) electrons. The predicted octanol–water partition coefficient (Wildman–Crippen LogP) is 4.67. The Morgan fingerprint density at radius 3 is 2.62 bits per heavy atom. The van der Waals surface area contributed by atoms with Crippen LogP contribution in [0.25, 0.3) is 0 Å². The molecule has 132 valence electrons. The van der Waals surface area contributed by atoms with Crippen LogP contribution in [0.1, 0.15) is 65.7 Å². The van der Waals surface area contributed by atoms with E-state index in [9.17, 15) is 9.59 Å². The van der Waals surface area contributed by atoms with Crippen LogP contribution in [0.3, 0.4) is 0 Å². The fourth-order valence-electron chi connectivity index (χ4n) is 7.23. The first-order chi connectivity index (χ1) is 11.3. The van der Waals surface area contributed by atoms with Crippen molar-refractivity contribution >= 4 is 11.6 Å². The van der Waals surface area contributed by atoms with Crippen LogP contribution in [-0.2, 0) is 9.59 Å². The van der Waals surface area contributed by atoms with Gasteiger partial charge in [-0.05, 0) is 85.7 Å².